The number of benzene rings is 2. The van der Waals surface area contributed by atoms with Crippen LogP contribution in [0.5, 0.6) is 0 Å². The molecule has 0 amide bonds. The van der Waals surface area contributed by atoms with Crippen LogP contribution < -0.4 is 5.73 Å². The second kappa shape index (κ2) is 4.42. The Labute approximate surface area is 106 Å². The zero-order chi connectivity index (χ0) is 13.3. The molecule has 1 atom stereocenters. The Balaban J connectivity index is 2.58. The average molecular weight is 243 g/mol. The van der Waals surface area contributed by atoms with Gasteiger partial charge in [0.25, 0.3) is 0 Å². The summed E-state index contributed by atoms with van der Waals surface area (Å²) < 4.78 is 0. The molecule has 0 aliphatic heterocycles. The van der Waals surface area contributed by atoms with E-state index in [0.29, 0.717) is 0 Å². The highest BCUT2D eigenvalue weighted by atomic mass is 16.4. The third kappa shape index (κ3) is 1.97. The molecule has 0 aliphatic carbocycles. The molecule has 0 saturated carbocycles. The van der Waals surface area contributed by atoms with Crippen LogP contribution >= 0.6 is 0 Å². The van der Waals surface area contributed by atoms with Crippen molar-refractivity contribution >= 4 is 16.7 Å². The number of carboxylic acids is 1. The van der Waals surface area contributed by atoms with Crippen LogP contribution in [0.4, 0.5) is 0 Å². The molecule has 3 heteroatoms. The zero-order valence-corrected chi connectivity index (χ0v) is 10.6. The molecule has 0 saturated heterocycles. The van der Waals surface area contributed by atoms with Gasteiger partial charge >= 0.3 is 5.97 Å². The Bertz CT molecular complexity index is 585. The van der Waals surface area contributed by atoms with Crippen LogP contribution in [0.15, 0.2) is 42.5 Å². The van der Waals surface area contributed by atoms with Gasteiger partial charge in [-0.05, 0) is 30.2 Å². The van der Waals surface area contributed by atoms with Gasteiger partial charge in [-0.15, -0.1) is 0 Å². The van der Waals surface area contributed by atoms with E-state index in [9.17, 15) is 9.90 Å². The zero-order valence-electron chi connectivity index (χ0n) is 10.6. The van der Waals surface area contributed by atoms with E-state index in [1.807, 2.05) is 42.5 Å². The number of carbonyl (C=O) groups is 1. The quantitative estimate of drug-likeness (QED) is 0.871. The largest absolute Gasteiger partial charge is 0.481 e. The van der Waals surface area contributed by atoms with E-state index in [0.717, 1.165) is 16.3 Å². The molecule has 0 heterocycles. The van der Waals surface area contributed by atoms with Crippen molar-refractivity contribution in [1.82, 2.24) is 0 Å². The van der Waals surface area contributed by atoms with Crippen molar-refractivity contribution in [2.45, 2.75) is 19.9 Å². The van der Waals surface area contributed by atoms with Gasteiger partial charge in [-0.3, -0.25) is 4.79 Å². The van der Waals surface area contributed by atoms with E-state index < -0.39 is 17.4 Å². The highest BCUT2D eigenvalue weighted by Gasteiger charge is 2.36. The second-order valence-electron chi connectivity index (χ2n) is 5.07. The minimum absolute atomic E-state index is 0.541. The van der Waals surface area contributed by atoms with Crippen molar-refractivity contribution in [2.75, 3.05) is 0 Å². The van der Waals surface area contributed by atoms with E-state index in [-0.39, 0.29) is 0 Å². The Morgan fingerprint density at radius 2 is 1.78 bits per heavy atom. The third-order valence-corrected chi connectivity index (χ3v) is 3.49. The molecule has 2 rings (SSSR count). The molecule has 3 N–H and O–H groups in total. The number of carboxylic acid groups (broad SMARTS) is 1. The SMILES string of the molecule is CC(C)(C(=O)O)[C@H](N)c1cccc2ccccc12. The molecule has 2 aromatic carbocycles. The number of fused-ring (bicyclic) bond motifs is 1. The van der Waals surface area contributed by atoms with E-state index in [4.69, 9.17) is 5.73 Å². The Hall–Kier alpha value is -1.87. The van der Waals surface area contributed by atoms with Crippen LogP contribution in [0.2, 0.25) is 0 Å². The summed E-state index contributed by atoms with van der Waals surface area (Å²) in [5.74, 6) is -0.886. The summed E-state index contributed by atoms with van der Waals surface area (Å²) in [7, 11) is 0. The van der Waals surface area contributed by atoms with Crippen LogP contribution in [0.3, 0.4) is 0 Å². The summed E-state index contributed by atoms with van der Waals surface area (Å²) in [6.45, 7) is 3.31. The molecule has 0 fully saturated rings. The molecule has 3 nitrogen and oxygen atoms in total. The number of nitrogens with two attached hydrogens (primary N) is 1. The Kier molecular flexibility index (Phi) is 3.09. The van der Waals surface area contributed by atoms with E-state index in [1.165, 1.54) is 0 Å². The summed E-state index contributed by atoms with van der Waals surface area (Å²) in [5.41, 5.74) is 6.04. The minimum Gasteiger partial charge on any atom is -0.481 e. The highest BCUT2D eigenvalue weighted by molar-refractivity contribution is 5.87. The molecule has 0 bridgehead atoms. The molecular formula is C15H17NO2. The molecule has 2 aromatic rings. The number of rotatable bonds is 3. The van der Waals surface area contributed by atoms with Crippen LogP contribution in [0.1, 0.15) is 25.5 Å². The van der Waals surface area contributed by atoms with Gasteiger partial charge in [-0.2, -0.15) is 0 Å². The summed E-state index contributed by atoms with van der Waals surface area (Å²) in [4.78, 5) is 11.3. The molecule has 0 aromatic heterocycles. The van der Waals surface area contributed by atoms with Crippen molar-refractivity contribution < 1.29 is 9.90 Å². The maximum absolute atomic E-state index is 11.3. The van der Waals surface area contributed by atoms with Gasteiger partial charge in [0.2, 0.25) is 0 Å². The number of hydrogen-bond acceptors (Lipinski definition) is 2. The average Bonchev–Trinajstić information content (AvgIpc) is 2.37. The van der Waals surface area contributed by atoms with Crippen LogP contribution in [0, 0.1) is 5.41 Å². The molecule has 94 valence electrons. The highest BCUT2D eigenvalue weighted by Crippen LogP contribution is 2.35. The van der Waals surface area contributed by atoms with Crippen molar-refractivity contribution in [1.29, 1.82) is 0 Å². The topological polar surface area (TPSA) is 63.3 Å². The molecule has 0 unspecified atom stereocenters. The molecule has 0 radical (unpaired) electrons. The fraction of sp³-hybridized carbons (Fsp3) is 0.267. The summed E-state index contributed by atoms with van der Waals surface area (Å²) in [6.07, 6.45) is 0. The summed E-state index contributed by atoms with van der Waals surface area (Å²) in [6, 6.07) is 13.1. The van der Waals surface area contributed by atoms with Gasteiger partial charge in [0, 0.05) is 6.04 Å². The normalized spacial score (nSPS) is 13.5. The lowest BCUT2D eigenvalue weighted by Crippen LogP contribution is -2.36. The number of hydrogen-bond donors (Lipinski definition) is 2. The first kappa shape index (κ1) is 12.6. The smallest absolute Gasteiger partial charge is 0.311 e. The van der Waals surface area contributed by atoms with Gasteiger partial charge in [0.05, 0.1) is 5.41 Å². The summed E-state index contributed by atoms with van der Waals surface area (Å²) >= 11 is 0. The first-order chi connectivity index (χ1) is 8.44. The lowest BCUT2D eigenvalue weighted by molar-refractivity contribution is -0.148. The van der Waals surface area contributed by atoms with Gasteiger partial charge in [0.1, 0.15) is 0 Å². The monoisotopic (exact) mass is 243 g/mol. The predicted molar refractivity (Wildman–Crippen MR) is 72.3 cm³/mol. The fourth-order valence-electron chi connectivity index (χ4n) is 2.04. The standard InChI is InChI=1S/C15H17NO2/c1-15(2,14(17)18)13(16)12-9-5-7-10-6-3-4-8-11(10)12/h3-9,13H,16H2,1-2H3,(H,17,18)/t13-/m1/s1. The minimum atomic E-state index is -0.996. The van der Waals surface area contributed by atoms with Crippen LogP contribution in [-0.4, -0.2) is 11.1 Å². The second-order valence-corrected chi connectivity index (χ2v) is 5.07. The molecular weight excluding hydrogens is 226 g/mol. The molecule has 0 spiro atoms. The van der Waals surface area contributed by atoms with Crippen molar-refractivity contribution in [3.05, 3.63) is 48.0 Å². The molecule has 0 aliphatic rings. The fourth-order valence-corrected chi connectivity index (χ4v) is 2.04. The van der Waals surface area contributed by atoms with Crippen molar-refractivity contribution in [2.24, 2.45) is 11.1 Å². The lowest BCUT2D eigenvalue weighted by Gasteiger charge is -2.28. The Morgan fingerprint density at radius 3 is 2.44 bits per heavy atom. The van der Waals surface area contributed by atoms with E-state index in [2.05, 4.69) is 0 Å². The Morgan fingerprint density at radius 1 is 1.17 bits per heavy atom. The maximum atomic E-state index is 11.3. The van der Waals surface area contributed by atoms with E-state index >= 15 is 0 Å². The maximum Gasteiger partial charge on any atom is 0.311 e. The predicted octanol–water partition coefficient (Wildman–Crippen LogP) is 2.95. The van der Waals surface area contributed by atoms with Crippen LogP contribution in [-0.2, 0) is 4.79 Å². The summed E-state index contributed by atoms with van der Waals surface area (Å²) in [5, 5.41) is 11.4. The molecule has 18 heavy (non-hydrogen) atoms. The lowest BCUT2D eigenvalue weighted by atomic mass is 9.79. The van der Waals surface area contributed by atoms with Gasteiger partial charge < -0.3 is 10.8 Å². The first-order valence-electron chi connectivity index (χ1n) is 5.91. The first-order valence-corrected chi connectivity index (χ1v) is 5.91. The number of aliphatic carboxylic acids is 1. The van der Waals surface area contributed by atoms with Crippen molar-refractivity contribution in [3.8, 4) is 0 Å². The van der Waals surface area contributed by atoms with Gasteiger partial charge in [-0.1, -0.05) is 42.5 Å². The van der Waals surface area contributed by atoms with Gasteiger partial charge in [0.15, 0.2) is 0 Å². The third-order valence-electron chi connectivity index (χ3n) is 3.49. The van der Waals surface area contributed by atoms with Crippen LogP contribution in [0.25, 0.3) is 10.8 Å². The van der Waals surface area contributed by atoms with Gasteiger partial charge in [-0.25, -0.2) is 0 Å². The van der Waals surface area contributed by atoms with E-state index in [1.54, 1.807) is 13.8 Å². The van der Waals surface area contributed by atoms with Crippen molar-refractivity contribution in [3.63, 3.8) is 0 Å².